The number of hydrogen-bond acceptors (Lipinski definition) is 5. The molecule has 8 heteroatoms. The number of aromatic nitrogens is 2. The Kier molecular flexibility index (Phi) is 6.40. The second-order valence-corrected chi connectivity index (χ2v) is 8.73. The van der Waals surface area contributed by atoms with Gasteiger partial charge in [0.05, 0.1) is 22.8 Å². The molecule has 1 aromatic heterocycles. The lowest BCUT2D eigenvalue weighted by Gasteiger charge is -2.12. The number of benzene rings is 1. The summed E-state index contributed by atoms with van der Waals surface area (Å²) in [6, 6.07) is 5.78. The van der Waals surface area contributed by atoms with Gasteiger partial charge in [0.1, 0.15) is 16.5 Å². The predicted molar refractivity (Wildman–Crippen MR) is 96.9 cm³/mol. The Bertz CT molecular complexity index is 887. The van der Waals surface area contributed by atoms with Gasteiger partial charge in [0, 0.05) is 11.8 Å². The molecule has 5 nitrogen and oxygen atoms in total. The molecule has 0 aliphatic carbocycles. The van der Waals surface area contributed by atoms with Crippen LogP contribution < -0.4 is 0 Å². The molecule has 0 saturated heterocycles. The van der Waals surface area contributed by atoms with Gasteiger partial charge in [-0.05, 0) is 25.5 Å². The Balaban J connectivity index is 2.33. The van der Waals surface area contributed by atoms with E-state index in [9.17, 15) is 17.6 Å². The van der Waals surface area contributed by atoms with E-state index in [-0.39, 0.29) is 16.9 Å². The fourth-order valence-electron chi connectivity index (χ4n) is 2.39. The van der Waals surface area contributed by atoms with Crippen molar-refractivity contribution in [2.75, 3.05) is 5.75 Å². The highest BCUT2D eigenvalue weighted by Crippen LogP contribution is 2.28. The lowest BCUT2D eigenvalue weighted by molar-refractivity contribution is 0.0986. The highest BCUT2D eigenvalue weighted by atomic mass is 79.9. The normalized spacial score (nSPS) is 12.8. The van der Waals surface area contributed by atoms with E-state index in [0.717, 1.165) is 0 Å². The predicted octanol–water partition coefficient (Wildman–Crippen LogP) is 3.57. The SMILES string of the molecule is CCCS(=O)(=O)Cc1cccc(C(=O)C(Br)c2ccnc(C)n2)c1F. The van der Waals surface area contributed by atoms with Crippen LogP contribution in [0, 0.1) is 12.7 Å². The van der Waals surface area contributed by atoms with Crippen molar-refractivity contribution in [2.45, 2.75) is 30.8 Å². The third-order valence-electron chi connectivity index (χ3n) is 3.52. The van der Waals surface area contributed by atoms with Crippen molar-refractivity contribution in [2.24, 2.45) is 0 Å². The van der Waals surface area contributed by atoms with E-state index >= 15 is 0 Å². The standard InChI is InChI=1S/C17H18BrFN2O3S/c1-3-9-25(23,24)10-12-5-4-6-13(16(12)19)17(22)15(18)14-7-8-20-11(2)21-14/h4-8,15H,3,9-10H2,1-2H3. The molecule has 0 saturated carbocycles. The second kappa shape index (κ2) is 8.14. The van der Waals surface area contributed by atoms with Crippen molar-refractivity contribution in [3.05, 3.63) is 58.9 Å². The lowest BCUT2D eigenvalue weighted by Crippen LogP contribution is -2.15. The Labute approximate surface area is 154 Å². The first-order chi connectivity index (χ1) is 11.7. The summed E-state index contributed by atoms with van der Waals surface area (Å²) in [5.74, 6) is -1.28. The molecule has 134 valence electrons. The molecule has 0 radical (unpaired) electrons. The van der Waals surface area contributed by atoms with Crippen LogP contribution in [-0.2, 0) is 15.6 Å². The van der Waals surface area contributed by atoms with Crippen molar-refractivity contribution in [3.63, 3.8) is 0 Å². The van der Waals surface area contributed by atoms with Gasteiger partial charge in [-0.25, -0.2) is 22.8 Å². The highest BCUT2D eigenvalue weighted by molar-refractivity contribution is 9.09. The maximum atomic E-state index is 14.7. The van der Waals surface area contributed by atoms with Crippen LogP contribution in [0.5, 0.6) is 0 Å². The van der Waals surface area contributed by atoms with Crippen LogP contribution in [0.25, 0.3) is 0 Å². The van der Waals surface area contributed by atoms with E-state index in [1.54, 1.807) is 19.9 Å². The van der Waals surface area contributed by atoms with Gasteiger partial charge in [0.15, 0.2) is 15.6 Å². The Hall–Kier alpha value is -1.67. The van der Waals surface area contributed by atoms with Crippen LogP contribution in [0.2, 0.25) is 0 Å². The van der Waals surface area contributed by atoms with Crippen LogP contribution in [0.1, 0.15) is 45.6 Å². The van der Waals surface area contributed by atoms with Gasteiger partial charge in [-0.1, -0.05) is 35.0 Å². The second-order valence-electron chi connectivity index (χ2n) is 5.63. The minimum Gasteiger partial charge on any atom is -0.292 e. The number of hydrogen-bond donors (Lipinski definition) is 0. The monoisotopic (exact) mass is 428 g/mol. The first-order valence-electron chi connectivity index (χ1n) is 7.71. The summed E-state index contributed by atoms with van der Waals surface area (Å²) in [6.07, 6.45) is 1.97. The number of carbonyl (C=O) groups excluding carboxylic acids is 1. The molecule has 2 rings (SSSR count). The topological polar surface area (TPSA) is 77.0 Å². The van der Waals surface area contributed by atoms with Gasteiger partial charge in [-0.15, -0.1) is 0 Å². The van der Waals surface area contributed by atoms with Crippen molar-refractivity contribution < 1.29 is 17.6 Å². The summed E-state index contributed by atoms with van der Waals surface area (Å²) in [4.78, 5) is 19.9. The van der Waals surface area contributed by atoms with Crippen molar-refractivity contribution in [1.29, 1.82) is 0 Å². The molecule has 0 bridgehead atoms. The third-order valence-corrected chi connectivity index (χ3v) is 6.19. The minimum absolute atomic E-state index is 0.00197. The van der Waals surface area contributed by atoms with E-state index < -0.39 is 32.0 Å². The summed E-state index contributed by atoms with van der Waals surface area (Å²) in [7, 11) is -3.41. The van der Waals surface area contributed by atoms with Gasteiger partial charge < -0.3 is 0 Å². The number of ketones is 1. The molecule has 2 aromatic rings. The molecule has 0 spiro atoms. The molecule has 1 aromatic carbocycles. The van der Waals surface area contributed by atoms with Crippen molar-refractivity contribution in [3.8, 4) is 0 Å². The number of halogens is 2. The van der Waals surface area contributed by atoms with Crippen molar-refractivity contribution in [1.82, 2.24) is 9.97 Å². The Morgan fingerprint density at radius 1 is 1.32 bits per heavy atom. The van der Waals surface area contributed by atoms with E-state index in [1.807, 2.05) is 0 Å². The van der Waals surface area contributed by atoms with Crippen LogP contribution in [0.4, 0.5) is 4.39 Å². The lowest BCUT2D eigenvalue weighted by atomic mass is 10.0. The molecule has 0 N–H and O–H groups in total. The summed E-state index contributed by atoms with van der Waals surface area (Å²) in [5, 5.41) is 0. The number of Topliss-reactive ketones (excluding diaryl/α,β-unsaturated/α-hetero) is 1. The highest BCUT2D eigenvalue weighted by Gasteiger charge is 2.25. The van der Waals surface area contributed by atoms with Gasteiger partial charge >= 0.3 is 0 Å². The maximum Gasteiger partial charge on any atom is 0.185 e. The van der Waals surface area contributed by atoms with E-state index in [2.05, 4.69) is 25.9 Å². The third kappa shape index (κ3) is 4.92. The quantitative estimate of drug-likeness (QED) is 0.497. The van der Waals surface area contributed by atoms with E-state index in [0.29, 0.717) is 17.9 Å². The van der Waals surface area contributed by atoms with Gasteiger partial charge in [-0.2, -0.15) is 0 Å². The van der Waals surface area contributed by atoms with Crippen LogP contribution in [0.15, 0.2) is 30.5 Å². The molecule has 0 aliphatic rings. The smallest absolute Gasteiger partial charge is 0.185 e. The Morgan fingerprint density at radius 3 is 2.68 bits per heavy atom. The van der Waals surface area contributed by atoms with E-state index in [1.165, 1.54) is 24.4 Å². The van der Waals surface area contributed by atoms with Crippen LogP contribution >= 0.6 is 15.9 Å². The fraction of sp³-hybridized carbons (Fsp3) is 0.353. The first kappa shape index (κ1) is 19.7. The van der Waals surface area contributed by atoms with Crippen LogP contribution in [0.3, 0.4) is 0 Å². The van der Waals surface area contributed by atoms with Gasteiger partial charge in [0.2, 0.25) is 0 Å². The number of nitrogens with zero attached hydrogens (tertiary/aromatic N) is 2. The molecule has 1 atom stereocenters. The van der Waals surface area contributed by atoms with Gasteiger partial charge in [-0.3, -0.25) is 4.79 Å². The zero-order valence-electron chi connectivity index (χ0n) is 13.9. The number of rotatable bonds is 7. The minimum atomic E-state index is -3.41. The van der Waals surface area contributed by atoms with Crippen LogP contribution in [-0.4, -0.2) is 29.9 Å². The molecular formula is C17H18BrFN2O3S. The first-order valence-corrected chi connectivity index (χ1v) is 10.4. The molecule has 1 heterocycles. The average molecular weight is 429 g/mol. The average Bonchev–Trinajstić information content (AvgIpc) is 2.55. The zero-order chi connectivity index (χ0) is 18.6. The molecular weight excluding hydrogens is 411 g/mol. The molecule has 0 aliphatic heterocycles. The molecule has 1 unspecified atom stereocenters. The molecule has 25 heavy (non-hydrogen) atoms. The molecule has 0 fully saturated rings. The van der Waals surface area contributed by atoms with Crippen molar-refractivity contribution >= 4 is 31.6 Å². The maximum absolute atomic E-state index is 14.7. The Morgan fingerprint density at radius 2 is 2.04 bits per heavy atom. The summed E-state index contributed by atoms with van der Waals surface area (Å²) < 4.78 is 38.6. The number of aryl methyl sites for hydroxylation is 1. The van der Waals surface area contributed by atoms with E-state index in [4.69, 9.17) is 0 Å². The number of sulfone groups is 1. The summed E-state index contributed by atoms with van der Waals surface area (Å²) in [6.45, 7) is 3.43. The van der Waals surface area contributed by atoms with Gasteiger partial charge in [0.25, 0.3) is 0 Å². The number of alkyl halides is 1. The fourth-order valence-corrected chi connectivity index (χ4v) is 4.35. The summed E-state index contributed by atoms with van der Waals surface area (Å²) in [5.41, 5.74) is 0.251. The summed E-state index contributed by atoms with van der Waals surface area (Å²) >= 11 is 3.24. The zero-order valence-corrected chi connectivity index (χ0v) is 16.3. The molecule has 0 amide bonds. The largest absolute Gasteiger partial charge is 0.292 e. The number of carbonyl (C=O) groups is 1.